The van der Waals surface area contributed by atoms with Crippen molar-refractivity contribution in [3.8, 4) is 68.6 Å². The van der Waals surface area contributed by atoms with Gasteiger partial charge in [-0.25, -0.2) is 4.79 Å². The van der Waals surface area contributed by atoms with Gasteiger partial charge in [0.25, 0.3) is 0 Å². The predicted octanol–water partition coefficient (Wildman–Crippen LogP) is 20.4. The van der Waals surface area contributed by atoms with Crippen LogP contribution in [-0.2, 0) is 26.2 Å². The van der Waals surface area contributed by atoms with Crippen molar-refractivity contribution in [1.29, 1.82) is 0 Å². The van der Waals surface area contributed by atoms with E-state index in [0.717, 1.165) is 60.0 Å². The summed E-state index contributed by atoms with van der Waals surface area (Å²) in [6, 6.07) is 40.9. The Morgan fingerprint density at radius 2 is 0.849 bits per heavy atom. The molecule has 3 heterocycles. The Balaban J connectivity index is 1.03. The molecule has 2 aliphatic rings. The Morgan fingerprint density at radius 1 is 0.384 bits per heavy atom. The second-order valence-electron chi connectivity index (χ2n) is 25.6. The Bertz CT molecular complexity index is 4340. The minimum Gasteiger partial charge on any atom is -0.497 e. The molecule has 0 amide bonds. The van der Waals surface area contributed by atoms with Crippen molar-refractivity contribution in [2.45, 2.75) is 105 Å². The standard InChI is InChI=1S/C69H69O14P3/c1-66(2,3)51-34-41(71-13)30-47-48-31-42(72-14)35-52(67(4,5)6)61(48)79-84(78-60(47)51)75-55-25-19-22-39-29-40-23-20-26-56-58(40)64(57(39)55)82-85(76-56)80-62-49(32-43(73-15)36-53(62)68(7,8)9)50-33-44(74-16)37-54(69(10,11)12)63(50)81-86-77-59-45-24-18-17-21-38(45)27-28-46(59)65(70)83-86/h17-37H,1-16H3. The van der Waals surface area contributed by atoms with E-state index in [1.165, 1.54) is 0 Å². The summed E-state index contributed by atoms with van der Waals surface area (Å²) in [6.45, 7) is 25.4. The van der Waals surface area contributed by atoms with Crippen molar-refractivity contribution in [2.75, 3.05) is 28.4 Å². The minimum absolute atomic E-state index is 0.310. The molecular formula is C69H69O14P3. The Hall–Kier alpha value is -8.01. The molecule has 0 spiro atoms. The van der Waals surface area contributed by atoms with Crippen molar-refractivity contribution >= 4 is 85.7 Å². The maximum atomic E-state index is 13.9. The van der Waals surface area contributed by atoms with Crippen LogP contribution in [-0.4, -0.2) is 34.4 Å². The van der Waals surface area contributed by atoms with Gasteiger partial charge in [0.15, 0.2) is 11.5 Å². The highest BCUT2D eigenvalue weighted by Gasteiger charge is 2.40. The van der Waals surface area contributed by atoms with Crippen LogP contribution in [0.3, 0.4) is 0 Å². The fraction of sp³-hybridized carbons (Fsp3) is 0.290. The molecule has 2 atom stereocenters. The first kappa shape index (κ1) is 58.4. The first-order chi connectivity index (χ1) is 40.8. The summed E-state index contributed by atoms with van der Waals surface area (Å²) in [5, 5.41) is 6.35. The fourth-order valence-corrected chi connectivity index (χ4v) is 14.3. The van der Waals surface area contributed by atoms with E-state index in [-0.39, 0.29) is 0 Å². The number of benzene rings is 9. The highest BCUT2D eigenvalue weighted by atomic mass is 31.2. The van der Waals surface area contributed by atoms with Gasteiger partial charge in [-0.15, -0.1) is 0 Å². The van der Waals surface area contributed by atoms with Crippen molar-refractivity contribution in [3.05, 3.63) is 155 Å². The van der Waals surface area contributed by atoms with E-state index >= 15 is 0 Å². The van der Waals surface area contributed by atoms with Gasteiger partial charge in [-0.05, 0) is 111 Å². The maximum Gasteiger partial charge on any atom is 0.532 e. The van der Waals surface area contributed by atoms with Crippen molar-refractivity contribution in [1.82, 2.24) is 0 Å². The van der Waals surface area contributed by atoms with Gasteiger partial charge in [-0.2, -0.15) is 0 Å². The molecule has 444 valence electrons. The van der Waals surface area contributed by atoms with E-state index < -0.39 is 53.1 Å². The van der Waals surface area contributed by atoms with Crippen LogP contribution in [0, 0.1) is 0 Å². The van der Waals surface area contributed by atoms with E-state index in [1.807, 2.05) is 115 Å². The SMILES string of the molecule is COc1cc(-c2cc(OC)cc(C(C)(C)C)c2OP2Oc3cccc4cc5cccc(Op6oc7c(C(C)(C)C)cc(OC)cc7c7cc(OC)cc(C(C)(C)C)c7o6)c5c(c34)O2)c(OP2OC(=O)c3ccc4ccccc4c3O2)c(C(C)(C)C)c1. The van der Waals surface area contributed by atoms with Gasteiger partial charge in [0, 0.05) is 49.5 Å². The topological polar surface area (TPSA) is 145 Å². The zero-order valence-electron chi connectivity index (χ0n) is 51.2. The number of hydrogen-bond donors (Lipinski definition) is 0. The molecule has 0 aliphatic carbocycles. The molecule has 0 N–H and O–H groups in total. The molecule has 0 saturated heterocycles. The van der Waals surface area contributed by atoms with Crippen molar-refractivity contribution in [3.63, 3.8) is 0 Å². The lowest BCUT2D eigenvalue weighted by Crippen LogP contribution is -2.18. The van der Waals surface area contributed by atoms with Crippen LogP contribution in [0.1, 0.15) is 116 Å². The molecule has 0 bridgehead atoms. The molecule has 2 unspecified atom stereocenters. The summed E-state index contributed by atoms with van der Waals surface area (Å²) in [5.41, 5.74) is 4.08. The maximum absolute atomic E-state index is 13.9. The molecule has 14 nitrogen and oxygen atoms in total. The summed E-state index contributed by atoms with van der Waals surface area (Å²) in [5.74, 6) is 4.59. The molecule has 10 aromatic rings. The number of carbonyl (C=O) groups is 1. The average Bonchev–Trinajstić information content (AvgIpc) is 1.24. The highest BCUT2D eigenvalue weighted by molar-refractivity contribution is 7.43. The third-order valence-corrected chi connectivity index (χ3v) is 18.5. The Kier molecular flexibility index (Phi) is 14.8. The summed E-state index contributed by atoms with van der Waals surface area (Å²) < 4.78 is 86.6. The van der Waals surface area contributed by atoms with E-state index in [0.29, 0.717) is 90.7 Å². The number of rotatable bonds is 11. The molecule has 2 aliphatic heterocycles. The van der Waals surface area contributed by atoms with E-state index in [1.54, 1.807) is 34.5 Å². The van der Waals surface area contributed by atoms with Gasteiger partial charge < -0.3 is 59.0 Å². The van der Waals surface area contributed by atoms with Crippen LogP contribution in [0.15, 0.2) is 136 Å². The van der Waals surface area contributed by atoms with E-state index in [4.69, 9.17) is 59.0 Å². The molecule has 17 heteroatoms. The average molecular weight is 1220 g/mol. The van der Waals surface area contributed by atoms with E-state index in [9.17, 15) is 4.79 Å². The minimum atomic E-state index is -2.37. The molecule has 0 fully saturated rings. The highest BCUT2D eigenvalue weighted by Crippen LogP contribution is 2.61. The smallest absolute Gasteiger partial charge is 0.497 e. The van der Waals surface area contributed by atoms with Crippen LogP contribution in [0.5, 0.6) is 57.5 Å². The predicted molar refractivity (Wildman–Crippen MR) is 343 cm³/mol. The Labute approximate surface area is 504 Å². The summed E-state index contributed by atoms with van der Waals surface area (Å²) in [4.78, 5) is 13.9. The second-order valence-corrected chi connectivity index (χ2v) is 28.5. The van der Waals surface area contributed by atoms with Gasteiger partial charge in [-0.3, -0.25) is 0 Å². The lowest BCUT2D eigenvalue weighted by atomic mass is 9.81. The monoisotopic (exact) mass is 1210 g/mol. The third kappa shape index (κ3) is 10.7. The summed E-state index contributed by atoms with van der Waals surface area (Å²) in [6.07, 6.45) is 0. The fourth-order valence-electron chi connectivity index (χ4n) is 11.1. The largest absolute Gasteiger partial charge is 0.532 e. The van der Waals surface area contributed by atoms with Gasteiger partial charge in [0.1, 0.15) is 62.7 Å². The number of fused-ring (bicyclic) bond motifs is 8. The molecule has 9 aromatic carbocycles. The second kappa shape index (κ2) is 21.7. The first-order valence-corrected chi connectivity index (χ1v) is 31.6. The molecule has 12 rings (SSSR count). The zero-order chi connectivity index (χ0) is 60.9. The van der Waals surface area contributed by atoms with E-state index in [2.05, 4.69) is 89.2 Å². The van der Waals surface area contributed by atoms with Crippen LogP contribution in [0.4, 0.5) is 0 Å². The molecule has 0 saturated carbocycles. The number of ether oxygens (including phenoxy) is 4. The number of carbonyl (C=O) groups excluding carboxylic acids is 1. The van der Waals surface area contributed by atoms with Crippen LogP contribution >= 0.6 is 25.4 Å². The lowest BCUT2D eigenvalue weighted by molar-refractivity contribution is 0.0698. The molecular weight excluding hydrogens is 1150 g/mol. The normalized spacial score (nSPS) is 15.1. The number of hydrogen-bond acceptors (Lipinski definition) is 14. The quantitative estimate of drug-likeness (QED) is 0.0894. The van der Waals surface area contributed by atoms with Gasteiger partial charge in [0.2, 0.25) is 0 Å². The number of methoxy groups -OCH3 is 4. The van der Waals surface area contributed by atoms with Crippen molar-refractivity contribution in [2.24, 2.45) is 0 Å². The van der Waals surface area contributed by atoms with Gasteiger partial charge >= 0.3 is 31.4 Å². The Morgan fingerprint density at radius 3 is 1.38 bits per heavy atom. The molecule has 86 heavy (non-hydrogen) atoms. The first-order valence-electron chi connectivity index (χ1n) is 28.3. The molecule has 0 radical (unpaired) electrons. The van der Waals surface area contributed by atoms with Crippen LogP contribution in [0.25, 0.3) is 65.4 Å². The van der Waals surface area contributed by atoms with Crippen molar-refractivity contribution < 1.29 is 63.8 Å². The lowest BCUT2D eigenvalue weighted by Gasteiger charge is -2.32. The van der Waals surface area contributed by atoms with Crippen LogP contribution in [0.2, 0.25) is 0 Å². The molecule has 1 aromatic heterocycles. The summed E-state index contributed by atoms with van der Waals surface area (Å²) >= 11 is 0. The van der Waals surface area contributed by atoms with Crippen LogP contribution < -0.4 is 46.1 Å². The van der Waals surface area contributed by atoms with Gasteiger partial charge in [-0.1, -0.05) is 138 Å². The van der Waals surface area contributed by atoms with Gasteiger partial charge in [0.05, 0.1) is 39.2 Å². The zero-order valence-corrected chi connectivity index (χ0v) is 53.9. The summed E-state index contributed by atoms with van der Waals surface area (Å²) in [7, 11) is -0.351. The third-order valence-electron chi connectivity index (χ3n) is 15.5.